The Balaban J connectivity index is 2.61. The molecule has 0 saturated carbocycles. The van der Waals surface area contributed by atoms with Gasteiger partial charge in [-0.05, 0) is 38.4 Å². The van der Waals surface area contributed by atoms with Crippen molar-refractivity contribution in [3.8, 4) is 6.07 Å². The fourth-order valence-corrected chi connectivity index (χ4v) is 1.68. The summed E-state index contributed by atoms with van der Waals surface area (Å²) in [6.45, 7) is 8.70. The molecule has 4 heteroatoms. The van der Waals surface area contributed by atoms with Crippen molar-refractivity contribution in [2.75, 3.05) is 25.0 Å². The number of aryl methyl sites for hydroxylation is 2. The van der Waals surface area contributed by atoms with Gasteiger partial charge in [-0.2, -0.15) is 5.26 Å². The summed E-state index contributed by atoms with van der Waals surface area (Å²) >= 11 is 0. The van der Waals surface area contributed by atoms with Gasteiger partial charge in [0.15, 0.2) is 0 Å². The van der Waals surface area contributed by atoms with Gasteiger partial charge in [0.25, 0.3) is 0 Å². The Morgan fingerprint density at radius 3 is 2.71 bits per heavy atom. The van der Waals surface area contributed by atoms with Gasteiger partial charge in [0.2, 0.25) is 0 Å². The Morgan fingerprint density at radius 2 is 2.06 bits per heavy atom. The van der Waals surface area contributed by atoms with Crippen molar-refractivity contribution in [2.24, 2.45) is 0 Å². The molecule has 0 aromatic carbocycles. The molecular weight excluding hydrogens is 212 g/mol. The van der Waals surface area contributed by atoms with Crippen molar-refractivity contribution in [1.29, 1.82) is 5.26 Å². The predicted molar refractivity (Wildman–Crippen MR) is 70.1 cm³/mol. The third-order valence-corrected chi connectivity index (χ3v) is 2.48. The highest BCUT2D eigenvalue weighted by molar-refractivity contribution is 5.56. The number of nitrogens with zero attached hydrogens (tertiary/aromatic N) is 2. The number of hydrogen-bond donors (Lipinski definition) is 2. The van der Waals surface area contributed by atoms with Crippen LogP contribution in [0.15, 0.2) is 6.07 Å². The number of nitriles is 1. The van der Waals surface area contributed by atoms with E-state index in [-0.39, 0.29) is 0 Å². The van der Waals surface area contributed by atoms with Gasteiger partial charge in [-0.3, -0.25) is 0 Å². The first kappa shape index (κ1) is 13.5. The molecule has 0 aliphatic carbocycles. The smallest absolute Gasteiger partial charge is 0.144 e. The highest BCUT2D eigenvalue weighted by Crippen LogP contribution is 2.16. The van der Waals surface area contributed by atoms with E-state index in [1.807, 2.05) is 19.9 Å². The Kier molecular flexibility index (Phi) is 5.44. The van der Waals surface area contributed by atoms with E-state index < -0.39 is 0 Å². The van der Waals surface area contributed by atoms with Crippen LogP contribution in [0.5, 0.6) is 0 Å². The van der Waals surface area contributed by atoms with Crippen LogP contribution in [0.2, 0.25) is 0 Å². The van der Waals surface area contributed by atoms with Crippen LogP contribution in [0, 0.1) is 25.2 Å². The maximum absolute atomic E-state index is 9.09. The SMILES string of the molecule is CCCNCCNc1nc(C)cc(C)c1C#N. The minimum atomic E-state index is 0.645. The molecule has 4 nitrogen and oxygen atoms in total. The third kappa shape index (κ3) is 4.04. The van der Waals surface area contributed by atoms with Crippen LogP contribution in [-0.4, -0.2) is 24.6 Å². The second kappa shape index (κ2) is 6.87. The average Bonchev–Trinajstić information content (AvgIpc) is 2.28. The van der Waals surface area contributed by atoms with E-state index in [1.165, 1.54) is 0 Å². The minimum absolute atomic E-state index is 0.645. The van der Waals surface area contributed by atoms with E-state index in [4.69, 9.17) is 5.26 Å². The van der Waals surface area contributed by atoms with E-state index in [0.29, 0.717) is 11.4 Å². The maximum Gasteiger partial charge on any atom is 0.144 e. The second-order valence-corrected chi connectivity index (χ2v) is 4.09. The minimum Gasteiger partial charge on any atom is -0.368 e. The number of hydrogen-bond acceptors (Lipinski definition) is 4. The Hall–Kier alpha value is -1.60. The monoisotopic (exact) mass is 232 g/mol. The van der Waals surface area contributed by atoms with Gasteiger partial charge in [-0.15, -0.1) is 0 Å². The van der Waals surface area contributed by atoms with Gasteiger partial charge in [-0.25, -0.2) is 4.98 Å². The van der Waals surface area contributed by atoms with Crippen LogP contribution in [0.3, 0.4) is 0 Å². The lowest BCUT2D eigenvalue weighted by atomic mass is 10.1. The molecule has 0 radical (unpaired) electrons. The summed E-state index contributed by atoms with van der Waals surface area (Å²) in [5.41, 5.74) is 2.56. The molecule has 0 fully saturated rings. The standard InChI is InChI=1S/C13H20N4/c1-4-5-15-6-7-16-13-12(9-14)10(2)8-11(3)17-13/h8,15H,4-7H2,1-3H3,(H,16,17). The zero-order valence-electron chi connectivity index (χ0n) is 10.8. The normalized spacial score (nSPS) is 10.0. The maximum atomic E-state index is 9.09. The summed E-state index contributed by atoms with van der Waals surface area (Å²) in [6.07, 6.45) is 1.13. The van der Waals surface area contributed by atoms with Gasteiger partial charge < -0.3 is 10.6 Å². The zero-order chi connectivity index (χ0) is 12.7. The summed E-state index contributed by atoms with van der Waals surface area (Å²) in [5.74, 6) is 0.697. The Morgan fingerprint density at radius 1 is 1.29 bits per heavy atom. The van der Waals surface area contributed by atoms with Gasteiger partial charge in [0.05, 0.1) is 5.56 Å². The Labute approximate surface area is 103 Å². The lowest BCUT2D eigenvalue weighted by Gasteiger charge is -2.10. The summed E-state index contributed by atoms with van der Waals surface area (Å²) < 4.78 is 0. The first-order chi connectivity index (χ1) is 8.19. The molecule has 17 heavy (non-hydrogen) atoms. The first-order valence-corrected chi connectivity index (χ1v) is 6.02. The molecule has 1 rings (SSSR count). The van der Waals surface area contributed by atoms with Gasteiger partial charge >= 0.3 is 0 Å². The van der Waals surface area contributed by atoms with Crippen molar-refractivity contribution in [1.82, 2.24) is 10.3 Å². The lowest BCUT2D eigenvalue weighted by Crippen LogP contribution is -2.23. The van der Waals surface area contributed by atoms with Crippen LogP contribution < -0.4 is 10.6 Å². The van der Waals surface area contributed by atoms with Gasteiger partial charge in [-0.1, -0.05) is 6.92 Å². The van der Waals surface area contributed by atoms with Gasteiger partial charge in [0.1, 0.15) is 11.9 Å². The van der Waals surface area contributed by atoms with E-state index in [2.05, 4.69) is 28.6 Å². The molecule has 0 amide bonds. The van der Waals surface area contributed by atoms with Crippen molar-refractivity contribution in [3.05, 3.63) is 22.9 Å². The number of nitrogens with one attached hydrogen (secondary N) is 2. The topological polar surface area (TPSA) is 60.7 Å². The fraction of sp³-hybridized carbons (Fsp3) is 0.538. The summed E-state index contributed by atoms with van der Waals surface area (Å²) in [6, 6.07) is 4.13. The van der Waals surface area contributed by atoms with E-state index >= 15 is 0 Å². The molecule has 0 saturated heterocycles. The first-order valence-electron chi connectivity index (χ1n) is 6.02. The largest absolute Gasteiger partial charge is 0.368 e. The average molecular weight is 232 g/mol. The van der Waals surface area contributed by atoms with Crippen molar-refractivity contribution >= 4 is 5.82 Å². The molecule has 0 atom stereocenters. The molecule has 0 unspecified atom stereocenters. The van der Waals surface area contributed by atoms with E-state index in [1.54, 1.807) is 0 Å². The molecular formula is C13H20N4. The van der Waals surface area contributed by atoms with Gasteiger partial charge in [0, 0.05) is 18.8 Å². The molecule has 1 heterocycles. The zero-order valence-corrected chi connectivity index (χ0v) is 10.8. The molecule has 0 aliphatic heterocycles. The van der Waals surface area contributed by atoms with Crippen LogP contribution in [0.4, 0.5) is 5.82 Å². The fourth-order valence-electron chi connectivity index (χ4n) is 1.68. The highest BCUT2D eigenvalue weighted by atomic mass is 15.0. The lowest BCUT2D eigenvalue weighted by molar-refractivity contribution is 0.687. The molecule has 92 valence electrons. The molecule has 0 aliphatic rings. The summed E-state index contributed by atoms with van der Waals surface area (Å²) in [7, 11) is 0. The van der Waals surface area contributed by atoms with Crippen molar-refractivity contribution < 1.29 is 0 Å². The van der Waals surface area contributed by atoms with Crippen LogP contribution in [-0.2, 0) is 0 Å². The molecule has 0 spiro atoms. The number of pyridine rings is 1. The van der Waals surface area contributed by atoms with Crippen LogP contribution >= 0.6 is 0 Å². The van der Waals surface area contributed by atoms with E-state index in [0.717, 1.165) is 37.3 Å². The highest BCUT2D eigenvalue weighted by Gasteiger charge is 2.07. The third-order valence-electron chi connectivity index (χ3n) is 2.48. The second-order valence-electron chi connectivity index (χ2n) is 4.09. The molecule has 0 bridgehead atoms. The van der Waals surface area contributed by atoms with Crippen molar-refractivity contribution in [3.63, 3.8) is 0 Å². The number of aromatic nitrogens is 1. The molecule has 2 N–H and O–H groups in total. The van der Waals surface area contributed by atoms with E-state index in [9.17, 15) is 0 Å². The predicted octanol–water partition coefficient (Wildman–Crippen LogP) is 1.98. The summed E-state index contributed by atoms with van der Waals surface area (Å²) in [4.78, 5) is 4.36. The van der Waals surface area contributed by atoms with Crippen LogP contribution in [0.1, 0.15) is 30.2 Å². The quantitative estimate of drug-likeness (QED) is 0.736. The Bertz CT molecular complexity index is 407. The summed E-state index contributed by atoms with van der Waals surface area (Å²) in [5, 5.41) is 15.6. The van der Waals surface area contributed by atoms with Crippen molar-refractivity contribution in [2.45, 2.75) is 27.2 Å². The number of anilines is 1. The van der Waals surface area contributed by atoms with Crippen LogP contribution in [0.25, 0.3) is 0 Å². The molecule has 1 aromatic heterocycles. The molecule has 1 aromatic rings. The number of rotatable bonds is 6.